The number of furan rings is 1. The van der Waals surface area contributed by atoms with Crippen LogP contribution in [0, 0.1) is 0 Å². The van der Waals surface area contributed by atoms with Gasteiger partial charge in [0.05, 0.1) is 18.9 Å². The van der Waals surface area contributed by atoms with E-state index in [2.05, 4.69) is 5.10 Å². The van der Waals surface area contributed by atoms with Crippen LogP contribution in [0.25, 0.3) is 33.2 Å². The van der Waals surface area contributed by atoms with Crippen molar-refractivity contribution in [2.24, 2.45) is 7.05 Å². The molecule has 0 spiro atoms. The third-order valence-corrected chi connectivity index (χ3v) is 6.19. The lowest BCUT2D eigenvalue weighted by Crippen LogP contribution is -2.43. The van der Waals surface area contributed by atoms with Gasteiger partial charge in [-0.15, -0.1) is 0 Å². The van der Waals surface area contributed by atoms with Gasteiger partial charge in [-0.05, 0) is 47.4 Å². The number of carbonyl (C=O) groups excluding carboxylic acids is 1. The van der Waals surface area contributed by atoms with Crippen LogP contribution in [0.3, 0.4) is 0 Å². The zero-order valence-corrected chi connectivity index (χ0v) is 19.0. The van der Waals surface area contributed by atoms with E-state index in [-0.39, 0.29) is 17.9 Å². The minimum absolute atomic E-state index is 0.0146. The fourth-order valence-electron chi connectivity index (χ4n) is 4.39. The van der Waals surface area contributed by atoms with E-state index >= 15 is 0 Å². The summed E-state index contributed by atoms with van der Waals surface area (Å²) in [5.41, 5.74) is 4.61. The van der Waals surface area contributed by atoms with Crippen molar-refractivity contribution in [3.05, 3.63) is 59.1 Å². The number of aryl methyl sites for hydroxylation is 1. The molecule has 0 saturated heterocycles. The number of nitrogens with zero attached hydrogens (tertiary/aromatic N) is 3. The van der Waals surface area contributed by atoms with Gasteiger partial charge in [-0.25, -0.2) is 0 Å². The van der Waals surface area contributed by atoms with Crippen LogP contribution >= 0.6 is 11.6 Å². The molecule has 1 amide bonds. The van der Waals surface area contributed by atoms with Crippen LogP contribution in [0.15, 0.2) is 47.2 Å². The van der Waals surface area contributed by atoms with Crippen molar-refractivity contribution in [1.82, 2.24) is 14.7 Å². The number of amides is 1. The minimum Gasteiger partial charge on any atom is -0.496 e. The van der Waals surface area contributed by atoms with E-state index in [1.165, 1.54) is 7.11 Å². The number of carbonyl (C=O) groups is 1. The van der Waals surface area contributed by atoms with E-state index < -0.39 is 18.6 Å². The Morgan fingerprint density at radius 3 is 2.65 bits per heavy atom. The van der Waals surface area contributed by atoms with Crippen molar-refractivity contribution >= 4 is 28.5 Å². The van der Waals surface area contributed by atoms with Crippen LogP contribution in [-0.2, 0) is 13.5 Å². The summed E-state index contributed by atoms with van der Waals surface area (Å²) in [7, 11) is 3.18. The molecule has 0 fully saturated rings. The van der Waals surface area contributed by atoms with Gasteiger partial charge < -0.3 is 14.1 Å². The lowest BCUT2D eigenvalue weighted by Gasteiger charge is -2.30. The van der Waals surface area contributed by atoms with Crippen LogP contribution in [0.5, 0.6) is 5.75 Å². The molecule has 0 aliphatic carbocycles. The number of aromatic nitrogens is 2. The van der Waals surface area contributed by atoms with Crippen molar-refractivity contribution in [2.45, 2.75) is 12.6 Å². The first-order valence-corrected chi connectivity index (χ1v) is 10.8. The number of ether oxygens (including phenoxy) is 1. The molecule has 10 heteroatoms. The second-order valence-corrected chi connectivity index (χ2v) is 8.53. The summed E-state index contributed by atoms with van der Waals surface area (Å²) < 4.78 is 51.5. The summed E-state index contributed by atoms with van der Waals surface area (Å²) in [5.74, 6) is -0.450. The molecule has 6 nitrogen and oxygen atoms in total. The van der Waals surface area contributed by atoms with Crippen LogP contribution in [0.2, 0.25) is 5.15 Å². The van der Waals surface area contributed by atoms with E-state index in [9.17, 15) is 18.0 Å². The molecule has 176 valence electrons. The topological polar surface area (TPSA) is 60.5 Å². The highest BCUT2D eigenvalue weighted by atomic mass is 35.5. The summed E-state index contributed by atoms with van der Waals surface area (Å²) in [6.45, 7) is -1.30. The molecule has 0 unspecified atom stereocenters. The third-order valence-electron chi connectivity index (χ3n) is 5.91. The maximum absolute atomic E-state index is 12.9. The van der Waals surface area contributed by atoms with Gasteiger partial charge in [0.15, 0.2) is 5.15 Å². The number of benzene rings is 2. The van der Waals surface area contributed by atoms with Crippen LogP contribution in [0.1, 0.15) is 15.9 Å². The average Bonchev–Trinajstić information content (AvgIpc) is 3.35. The van der Waals surface area contributed by atoms with Gasteiger partial charge in [-0.1, -0.05) is 17.7 Å². The maximum Gasteiger partial charge on any atom is 0.406 e. The van der Waals surface area contributed by atoms with Crippen molar-refractivity contribution in [2.75, 3.05) is 20.2 Å². The Kier molecular flexibility index (Phi) is 5.31. The molecule has 2 aromatic heterocycles. The summed E-state index contributed by atoms with van der Waals surface area (Å²) in [5, 5.41) is 5.38. The quantitative estimate of drug-likeness (QED) is 0.368. The van der Waals surface area contributed by atoms with E-state index in [1.807, 2.05) is 30.5 Å². The molecule has 0 radical (unpaired) electrons. The van der Waals surface area contributed by atoms with Gasteiger partial charge >= 0.3 is 6.18 Å². The van der Waals surface area contributed by atoms with Gasteiger partial charge in [-0.2, -0.15) is 18.3 Å². The number of halogens is 4. The molecular weight excluding hydrogens is 471 g/mol. The molecule has 3 heterocycles. The standard InChI is InChI=1S/C24H19ClF3N3O3/c1-30-10-17(22(25)29-30)13-3-4-16-18(11-34-19(16)8-13)15-7-14-5-6-31(12-24(26,27)28)23(32)21(14)20(9-15)33-2/h3-4,7-11H,5-6,12H2,1-2H3. The Balaban J connectivity index is 1.54. The summed E-state index contributed by atoms with van der Waals surface area (Å²) in [6, 6.07) is 9.17. The number of hydrogen-bond donors (Lipinski definition) is 0. The van der Waals surface area contributed by atoms with Gasteiger partial charge in [0.25, 0.3) is 5.91 Å². The zero-order chi connectivity index (χ0) is 24.2. The highest BCUT2D eigenvalue weighted by Gasteiger charge is 2.37. The molecule has 2 aromatic carbocycles. The van der Waals surface area contributed by atoms with Gasteiger partial charge in [0.1, 0.15) is 17.9 Å². The highest BCUT2D eigenvalue weighted by molar-refractivity contribution is 6.32. The molecule has 4 aromatic rings. The zero-order valence-electron chi connectivity index (χ0n) is 18.2. The summed E-state index contributed by atoms with van der Waals surface area (Å²) >= 11 is 6.22. The first-order chi connectivity index (χ1) is 16.1. The van der Waals surface area contributed by atoms with Gasteiger partial charge in [-0.3, -0.25) is 9.48 Å². The third kappa shape index (κ3) is 3.90. The lowest BCUT2D eigenvalue weighted by atomic mass is 9.92. The Morgan fingerprint density at radius 1 is 1.18 bits per heavy atom. The predicted octanol–water partition coefficient (Wildman–Crippen LogP) is 5.72. The molecule has 1 aliphatic heterocycles. The Morgan fingerprint density at radius 2 is 1.97 bits per heavy atom. The summed E-state index contributed by atoms with van der Waals surface area (Å²) in [6.07, 6.45) is -0.739. The van der Waals surface area contributed by atoms with Crippen molar-refractivity contribution < 1.29 is 27.1 Å². The van der Waals surface area contributed by atoms with E-state index in [0.717, 1.165) is 32.5 Å². The first-order valence-electron chi connectivity index (χ1n) is 10.4. The van der Waals surface area contributed by atoms with E-state index in [4.69, 9.17) is 20.8 Å². The lowest BCUT2D eigenvalue weighted by molar-refractivity contribution is -0.141. The smallest absolute Gasteiger partial charge is 0.406 e. The minimum atomic E-state index is -4.46. The Hall–Kier alpha value is -3.46. The summed E-state index contributed by atoms with van der Waals surface area (Å²) in [4.78, 5) is 13.6. The number of methoxy groups -OCH3 is 1. The Labute approximate surface area is 197 Å². The van der Waals surface area contributed by atoms with Gasteiger partial charge in [0, 0.05) is 36.3 Å². The highest BCUT2D eigenvalue weighted by Crippen LogP contribution is 2.39. The molecule has 1 aliphatic rings. The SMILES string of the molecule is COc1cc(-c2coc3cc(-c4cn(C)nc4Cl)ccc23)cc2c1C(=O)N(CC(F)(F)F)CC2. The molecule has 0 bridgehead atoms. The van der Waals surface area contributed by atoms with Crippen molar-refractivity contribution in [1.29, 1.82) is 0 Å². The monoisotopic (exact) mass is 489 g/mol. The van der Waals surface area contributed by atoms with Gasteiger partial charge in [0.2, 0.25) is 0 Å². The van der Waals surface area contributed by atoms with Crippen LogP contribution in [-0.4, -0.2) is 47.0 Å². The van der Waals surface area contributed by atoms with Crippen molar-refractivity contribution in [3.8, 4) is 28.0 Å². The van der Waals surface area contributed by atoms with Crippen LogP contribution in [0.4, 0.5) is 13.2 Å². The molecule has 34 heavy (non-hydrogen) atoms. The number of alkyl halides is 3. The van der Waals surface area contributed by atoms with E-state index in [1.54, 1.807) is 24.1 Å². The average molecular weight is 490 g/mol. The first kappa shape index (κ1) is 22.3. The normalized spacial score (nSPS) is 14.1. The fraction of sp³-hybridized carbons (Fsp3) is 0.250. The number of rotatable bonds is 4. The Bertz CT molecular complexity index is 1410. The maximum atomic E-state index is 12.9. The van der Waals surface area contributed by atoms with E-state index in [0.29, 0.717) is 22.7 Å². The van der Waals surface area contributed by atoms with Crippen LogP contribution < -0.4 is 4.74 Å². The molecule has 0 N–H and O–H groups in total. The number of hydrogen-bond acceptors (Lipinski definition) is 4. The second kappa shape index (κ2) is 8.09. The molecule has 0 atom stereocenters. The molecular formula is C24H19ClF3N3O3. The largest absolute Gasteiger partial charge is 0.496 e. The predicted molar refractivity (Wildman–Crippen MR) is 121 cm³/mol. The second-order valence-electron chi connectivity index (χ2n) is 8.17. The molecule has 5 rings (SSSR count). The van der Waals surface area contributed by atoms with Crippen molar-refractivity contribution in [3.63, 3.8) is 0 Å². The molecule has 0 saturated carbocycles. The fourth-order valence-corrected chi connectivity index (χ4v) is 4.66. The number of fused-ring (bicyclic) bond motifs is 2.